The van der Waals surface area contributed by atoms with Gasteiger partial charge < -0.3 is 4.90 Å². The largest absolute Gasteiger partial charge is 0.335 e. The van der Waals surface area contributed by atoms with E-state index in [9.17, 15) is 13.2 Å². The summed E-state index contributed by atoms with van der Waals surface area (Å²) >= 11 is 0. The van der Waals surface area contributed by atoms with Gasteiger partial charge in [0.1, 0.15) is 5.69 Å². The van der Waals surface area contributed by atoms with Crippen LogP contribution in [0.2, 0.25) is 0 Å². The third-order valence-corrected chi connectivity index (χ3v) is 6.92. The summed E-state index contributed by atoms with van der Waals surface area (Å²) in [5.41, 5.74) is 2.17. The van der Waals surface area contributed by atoms with Crippen LogP contribution in [0.1, 0.15) is 16.1 Å². The lowest BCUT2D eigenvalue weighted by molar-refractivity contribution is 0.0692. The number of aromatic nitrogens is 1. The zero-order chi connectivity index (χ0) is 19.7. The highest BCUT2D eigenvalue weighted by Gasteiger charge is 2.30. The number of pyridine rings is 1. The summed E-state index contributed by atoms with van der Waals surface area (Å²) in [4.78, 5) is 19.2. The zero-order valence-corrected chi connectivity index (χ0v) is 16.4. The number of sulfonamides is 1. The van der Waals surface area contributed by atoms with Gasteiger partial charge in [-0.15, -0.1) is 0 Å². The van der Waals surface area contributed by atoms with Crippen LogP contribution in [0.3, 0.4) is 0 Å². The molecular weight excluding hydrogens is 374 g/mol. The minimum Gasteiger partial charge on any atom is -0.335 e. The summed E-state index contributed by atoms with van der Waals surface area (Å²) < 4.78 is 27.0. The van der Waals surface area contributed by atoms with Gasteiger partial charge in [-0.05, 0) is 31.2 Å². The Hall–Kier alpha value is -2.77. The van der Waals surface area contributed by atoms with Crippen molar-refractivity contribution in [1.82, 2.24) is 14.2 Å². The number of aryl methyl sites for hydroxylation is 1. The number of fused-ring (bicyclic) bond motifs is 1. The number of amides is 1. The van der Waals surface area contributed by atoms with Crippen LogP contribution < -0.4 is 0 Å². The summed E-state index contributed by atoms with van der Waals surface area (Å²) in [6, 6.07) is 18.1. The number of hydrogen-bond donors (Lipinski definition) is 0. The number of para-hydroxylation sites is 1. The zero-order valence-electron chi connectivity index (χ0n) is 15.6. The molecule has 1 fully saturated rings. The van der Waals surface area contributed by atoms with Gasteiger partial charge in [-0.1, -0.05) is 42.0 Å². The van der Waals surface area contributed by atoms with Crippen molar-refractivity contribution in [2.24, 2.45) is 0 Å². The molecule has 2 aromatic carbocycles. The smallest absolute Gasteiger partial charge is 0.272 e. The lowest BCUT2D eigenvalue weighted by atomic mass is 10.2. The summed E-state index contributed by atoms with van der Waals surface area (Å²) in [6.45, 7) is 3.16. The van der Waals surface area contributed by atoms with E-state index in [1.165, 1.54) is 4.31 Å². The number of hydrogen-bond acceptors (Lipinski definition) is 4. The lowest BCUT2D eigenvalue weighted by Crippen LogP contribution is -2.50. The molecule has 6 nitrogen and oxygen atoms in total. The number of nitrogens with zero attached hydrogens (tertiary/aromatic N) is 3. The predicted octanol–water partition coefficient (Wildman–Crippen LogP) is 2.69. The molecule has 28 heavy (non-hydrogen) atoms. The molecule has 1 aliphatic heterocycles. The van der Waals surface area contributed by atoms with Gasteiger partial charge in [0.05, 0.1) is 10.4 Å². The lowest BCUT2D eigenvalue weighted by Gasteiger charge is -2.33. The first-order valence-corrected chi connectivity index (χ1v) is 10.6. The minimum atomic E-state index is -3.54. The summed E-state index contributed by atoms with van der Waals surface area (Å²) in [6.07, 6.45) is 0. The van der Waals surface area contributed by atoms with Crippen molar-refractivity contribution in [1.29, 1.82) is 0 Å². The van der Waals surface area contributed by atoms with Gasteiger partial charge in [0.15, 0.2) is 0 Å². The molecule has 0 unspecified atom stereocenters. The predicted molar refractivity (Wildman–Crippen MR) is 108 cm³/mol. The van der Waals surface area contributed by atoms with Crippen LogP contribution >= 0.6 is 0 Å². The first kappa shape index (κ1) is 18.6. The molecule has 0 bridgehead atoms. The summed E-state index contributed by atoms with van der Waals surface area (Å²) in [5.74, 6) is -0.168. The standard InChI is InChI=1S/C21H21N3O3S/c1-16-6-9-18(10-7-16)28(26,27)24-14-12-23(13-15-24)21(25)20-11-8-17-4-2-3-5-19(17)22-20/h2-11H,12-15H2,1H3. The van der Waals surface area contributed by atoms with E-state index in [-0.39, 0.29) is 23.9 Å². The van der Waals surface area contributed by atoms with Crippen molar-refractivity contribution in [2.75, 3.05) is 26.2 Å². The molecule has 0 N–H and O–H groups in total. The fraction of sp³-hybridized carbons (Fsp3) is 0.238. The minimum absolute atomic E-state index is 0.168. The Morgan fingerprint density at radius 3 is 2.29 bits per heavy atom. The second-order valence-electron chi connectivity index (χ2n) is 6.90. The average molecular weight is 395 g/mol. The quantitative estimate of drug-likeness (QED) is 0.684. The van der Waals surface area contributed by atoms with Crippen LogP contribution in [0, 0.1) is 6.92 Å². The molecular formula is C21H21N3O3S. The average Bonchev–Trinajstić information content (AvgIpc) is 2.73. The van der Waals surface area contributed by atoms with E-state index in [2.05, 4.69) is 4.98 Å². The van der Waals surface area contributed by atoms with Crippen molar-refractivity contribution in [2.45, 2.75) is 11.8 Å². The van der Waals surface area contributed by atoms with Gasteiger partial charge in [0.25, 0.3) is 5.91 Å². The van der Waals surface area contributed by atoms with Crippen molar-refractivity contribution in [3.05, 3.63) is 71.9 Å². The molecule has 0 atom stereocenters. The van der Waals surface area contributed by atoms with Gasteiger partial charge in [0, 0.05) is 31.6 Å². The Kier molecular flexibility index (Phi) is 4.87. The molecule has 3 aromatic rings. The van der Waals surface area contributed by atoms with E-state index in [4.69, 9.17) is 0 Å². The highest BCUT2D eigenvalue weighted by atomic mass is 32.2. The Labute approximate surface area is 164 Å². The molecule has 1 aliphatic rings. The molecule has 1 amide bonds. The van der Waals surface area contributed by atoms with Gasteiger partial charge in [-0.25, -0.2) is 13.4 Å². The second kappa shape index (κ2) is 7.33. The maximum absolute atomic E-state index is 12.8. The van der Waals surface area contributed by atoms with E-state index in [0.717, 1.165) is 16.5 Å². The molecule has 0 radical (unpaired) electrons. The fourth-order valence-electron chi connectivity index (χ4n) is 3.34. The first-order chi connectivity index (χ1) is 13.4. The molecule has 144 valence electrons. The van der Waals surface area contributed by atoms with Gasteiger partial charge in [-0.3, -0.25) is 4.79 Å². The molecule has 1 aromatic heterocycles. The van der Waals surface area contributed by atoms with Crippen molar-refractivity contribution in [3.8, 4) is 0 Å². The van der Waals surface area contributed by atoms with Gasteiger partial charge in [0.2, 0.25) is 10.0 Å². The SMILES string of the molecule is Cc1ccc(S(=O)(=O)N2CCN(C(=O)c3ccc4ccccc4n3)CC2)cc1. The van der Waals surface area contributed by atoms with E-state index < -0.39 is 10.0 Å². The fourth-order valence-corrected chi connectivity index (χ4v) is 4.76. The van der Waals surface area contributed by atoms with E-state index >= 15 is 0 Å². The molecule has 0 spiro atoms. The summed E-state index contributed by atoms with van der Waals surface area (Å²) in [5, 5.41) is 0.980. The number of benzene rings is 2. The van der Waals surface area contributed by atoms with Crippen LogP contribution in [0.4, 0.5) is 0 Å². The Morgan fingerprint density at radius 1 is 0.893 bits per heavy atom. The molecule has 0 saturated carbocycles. The van der Waals surface area contributed by atoms with Crippen LogP contribution in [0.15, 0.2) is 65.6 Å². The van der Waals surface area contributed by atoms with E-state index in [1.807, 2.05) is 37.3 Å². The molecule has 0 aliphatic carbocycles. The monoisotopic (exact) mass is 395 g/mol. The van der Waals surface area contributed by atoms with Crippen LogP contribution in [0.5, 0.6) is 0 Å². The molecule has 1 saturated heterocycles. The molecule has 7 heteroatoms. The number of rotatable bonds is 3. The van der Waals surface area contributed by atoms with Crippen LogP contribution in [-0.4, -0.2) is 54.7 Å². The topological polar surface area (TPSA) is 70.6 Å². The third-order valence-electron chi connectivity index (χ3n) is 5.00. The van der Waals surface area contributed by atoms with Crippen molar-refractivity contribution < 1.29 is 13.2 Å². The highest BCUT2D eigenvalue weighted by molar-refractivity contribution is 7.89. The van der Waals surface area contributed by atoms with Gasteiger partial charge in [-0.2, -0.15) is 4.31 Å². The normalized spacial score (nSPS) is 15.7. The maximum Gasteiger partial charge on any atom is 0.272 e. The molecule has 2 heterocycles. The van der Waals surface area contributed by atoms with Crippen molar-refractivity contribution >= 4 is 26.8 Å². The second-order valence-corrected chi connectivity index (χ2v) is 8.84. The van der Waals surface area contributed by atoms with E-state index in [0.29, 0.717) is 18.8 Å². The summed E-state index contributed by atoms with van der Waals surface area (Å²) in [7, 11) is -3.54. The Balaban J connectivity index is 1.47. The van der Waals surface area contributed by atoms with E-state index in [1.54, 1.807) is 35.2 Å². The van der Waals surface area contributed by atoms with Crippen LogP contribution in [-0.2, 0) is 10.0 Å². The Morgan fingerprint density at radius 2 is 1.57 bits per heavy atom. The van der Waals surface area contributed by atoms with Crippen LogP contribution in [0.25, 0.3) is 10.9 Å². The van der Waals surface area contributed by atoms with Gasteiger partial charge >= 0.3 is 0 Å². The highest BCUT2D eigenvalue weighted by Crippen LogP contribution is 2.19. The number of piperazine rings is 1. The maximum atomic E-state index is 12.8. The Bertz CT molecular complexity index is 1120. The first-order valence-electron chi connectivity index (χ1n) is 9.17. The molecule has 4 rings (SSSR count). The third kappa shape index (κ3) is 3.50. The number of carbonyl (C=O) groups is 1. The number of carbonyl (C=O) groups excluding carboxylic acids is 1. The van der Waals surface area contributed by atoms with Crippen molar-refractivity contribution in [3.63, 3.8) is 0 Å².